The fourth-order valence-corrected chi connectivity index (χ4v) is 2.67. The number of quaternary nitrogens is 1. The maximum absolute atomic E-state index is 12.2. The first-order chi connectivity index (χ1) is 11.9. The summed E-state index contributed by atoms with van der Waals surface area (Å²) in [6.07, 6.45) is 0. The predicted octanol–water partition coefficient (Wildman–Crippen LogP) is 2.52. The van der Waals surface area contributed by atoms with Gasteiger partial charge in [0.25, 0.3) is 11.6 Å². The molecule has 0 aromatic heterocycles. The van der Waals surface area contributed by atoms with Gasteiger partial charge in [0.15, 0.2) is 6.54 Å². The number of benzene rings is 2. The third-order valence-electron chi connectivity index (χ3n) is 3.72. The number of methoxy groups -OCH3 is 1. The highest BCUT2D eigenvalue weighted by Gasteiger charge is 2.17. The number of hydrogen-bond donors (Lipinski definition) is 2. The number of non-ortho nitro benzene ring substituents is 1. The number of nitrogens with two attached hydrogens (primary N) is 1. The van der Waals surface area contributed by atoms with E-state index in [0.29, 0.717) is 10.8 Å². The summed E-state index contributed by atoms with van der Waals surface area (Å²) in [5, 5.41) is 16.0. The molecule has 0 bridgehead atoms. The molecule has 8 heteroatoms. The highest BCUT2D eigenvalue weighted by molar-refractivity contribution is 6.31. The van der Waals surface area contributed by atoms with Crippen LogP contribution in [0.1, 0.15) is 18.5 Å². The van der Waals surface area contributed by atoms with E-state index < -0.39 is 4.92 Å². The third kappa shape index (κ3) is 4.91. The first kappa shape index (κ1) is 18.7. The maximum Gasteiger partial charge on any atom is 0.279 e. The van der Waals surface area contributed by atoms with Gasteiger partial charge in [0.05, 0.1) is 17.7 Å². The largest absolute Gasteiger partial charge is 0.495 e. The van der Waals surface area contributed by atoms with Gasteiger partial charge in [-0.1, -0.05) is 29.8 Å². The van der Waals surface area contributed by atoms with Gasteiger partial charge in [-0.05, 0) is 19.1 Å². The number of nitrogens with one attached hydrogen (secondary N) is 1. The second-order valence-electron chi connectivity index (χ2n) is 5.44. The molecular formula is C17H19ClN3O4+. The zero-order valence-electron chi connectivity index (χ0n) is 13.9. The lowest BCUT2D eigenvalue weighted by molar-refractivity contribution is -0.682. The van der Waals surface area contributed by atoms with Crippen LogP contribution in [0.3, 0.4) is 0 Å². The molecule has 2 rings (SSSR count). The van der Waals surface area contributed by atoms with E-state index in [0.717, 1.165) is 5.56 Å². The number of nitro groups is 1. The first-order valence-corrected chi connectivity index (χ1v) is 8.00. The van der Waals surface area contributed by atoms with Gasteiger partial charge < -0.3 is 15.4 Å². The second kappa shape index (κ2) is 8.46. The van der Waals surface area contributed by atoms with Crippen molar-refractivity contribution in [2.24, 2.45) is 0 Å². The highest BCUT2D eigenvalue weighted by Crippen LogP contribution is 2.28. The average Bonchev–Trinajstić information content (AvgIpc) is 2.60. The fourth-order valence-electron chi connectivity index (χ4n) is 2.36. The fraction of sp³-hybridized carbons (Fsp3) is 0.235. The van der Waals surface area contributed by atoms with E-state index >= 15 is 0 Å². The van der Waals surface area contributed by atoms with E-state index in [-0.39, 0.29) is 29.9 Å². The van der Waals surface area contributed by atoms with Crippen molar-refractivity contribution in [1.29, 1.82) is 0 Å². The van der Waals surface area contributed by atoms with Crippen LogP contribution < -0.4 is 15.4 Å². The molecule has 25 heavy (non-hydrogen) atoms. The summed E-state index contributed by atoms with van der Waals surface area (Å²) in [6.45, 7) is 2.08. The molecule has 7 nitrogen and oxygen atoms in total. The van der Waals surface area contributed by atoms with E-state index in [4.69, 9.17) is 16.3 Å². The molecule has 0 aliphatic heterocycles. The average molecular weight is 365 g/mol. The maximum atomic E-state index is 12.2. The van der Waals surface area contributed by atoms with E-state index in [2.05, 4.69) is 5.32 Å². The van der Waals surface area contributed by atoms with Crippen molar-refractivity contribution in [3.05, 3.63) is 63.2 Å². The highest BCUT2D eigenvalue weighted by atomic mass is 35.5. The number of carbonyl (C=O) groups excluding carboxylic acids is 1. The van der Waals surface area contributed by atoms with Gasteiger partial charge in [0.2, 0.25) is 0 Å². The van der Waals surface area contributed by atoms with Crippen molar-refractivity contribution >= 4 is 28.9 Å². The lowest BCUT2D eigenvalue weighted by Gasteiger charge is -2.13. The topological polar surface area (TPSA) is 98.1 Å². The van der Waals surface area contributed by atoms with Crippen LogP contribution in [0.15, 0.2) is 42.5 Å². The van der Waals surface area contributed by atoms with Crippen LogP contribution >= 0.6 is 11.6 Å². The number of carbonyl (C=O) groups is 1. The van der Waals surface area contributed by atoms with Crippen LogP contribution in [0, 0.1) is 10.1 Å². The number of hydrogen-bond acceptors (Lipinski definition) is 4. The van der Waals surface area contributed by atoms with Gasteiger partial charge >= 0.3 is 0 Å². The van der Waals surface area contributed by atoms with Crippen molar-refractivity contribution in [3.8, 4) is 5.75 Å². The Morgan fingerprint density at radius 1 is 1.36 bits per heavy atom. The molecule has 0 radical (unpaired) electrons. The molecule has 2 aromatic rings. The summed E-state index contributed by atoms with van der Waals surface area (Å²) in [4.78, 5) is 22.5. The minimum atomic E-state index is -0.527. The SMILES string of the molecule is COc1ccc([N+](=O)[O-])cc1NC(=O)C[NH2+][C@H](C)c1ccccc1Cl. The molecule has 0 unspecified atom stereocenters. The molecule has 3 N–H and O–H groups in total. The lowest BCUT2D eigenvalue weighted by atomic mass is 10.1. The Labute approximate surface area is 150 Å². The van der Waals surface area contributed by atoms with Crippen molar-refractivity contribution in [1.82, 2.24) is 0 Å². The van der Waals surface area contributed by atoms with Crippen LogP contribution in [0.4, 0.5) is 11.4 Å². The Balaban J connectivity index is 2.02. The predicted molar refractivity (Wildman–Crippen MR) is 94.9 cm³/mol. The number of halogens is 1. The number of anilines is 1. The summed E-state index contributed by atoms with van der Waals surface area (Å²) < 4.78 is 5.13. The Kier molecular flexibility index (Phi) is 6.32. The summed E-state index contributed by atoms with van der Waals surface area (Å²) in [5.74, 6) is 0.0656. The molecule has 1 amide bonds. The minimum absolute atomic E-state index is 0.00791. The molecule has 2 aromatic carbocycles. The Morgan fingerprint density at radius 3 is 2.72 bits per heavy atom. The second-order valence-corrected chi connectivity index (χ2v) is 5.85. The van der Waals surface area contributed by atoms with Crippen LogP contribution in [-0.2, 0) is 4.79 Å². The number of rotatable bonds is 7. The van der Waals surface area contributed by atoms with Crippen LogP contribution in [-0.4, -0.2) is 24.5 Å². The normalized spacial score (nSPS) is 11.6. The number of ether oxygens (including phenoxy) is 1. The lowest BCUT2D eigenvalue weighted by Crippen LogP contribution is -2.86. The van der Waals surface area contributed by atoms with Crippen molar-refractivity contribution in [3.63, 3.8) is 0 Å². The monoisotopic (exact) mass is 364 g/mol. The molecule has 0 saturated heterocycles. The van der Waals surface area contributed by atoms with Crippen molar-refractivity contribution in [2.75, 3.05) is 19.0 Å². The van der Waals surface area contributed by atoms with E-state index in [1.165, 1.54) is 25.3 Å². The molecule has 0 aliphatic carbocycles. The molecule has 0 heterocycles. The first-order valence-electron chi connectivity index (χ1n) is 7.62. The van der Waals surface area contributed by atoms with Gasteiger partial charge in [0, 0.05) is 22.7 Å². The van der Waals surface area contributed by atoms with Crippen molar-refractivity contribution < 1.29 is 19.8 Å². The Morgan fingerprint density at radius 2 is 2.08 bits per heavy atom. The quantitative estimate of drug-likeness (QED) is 0.582. The van der Waals surface area contributed by atoms with Crippen molar-refractivity contribution in [2.45, 2.75) is 13.0 Å². The van der Waals surface area contributed by atoms with E-state index in [1.54, 1.807) is 6.07 Å². The Bertz CT molecular complexity index is 782. The molecule has 0 spiro atoms. The summed E-state index contributed by atoms with van der Waals surface area (Å²) >= 11 is 6.15. The zero-order valence-corrected chi connectivity index (χ0v) is 14.6. The minimum Gasteiger partial charge on any atom is -0.495 e. The number of nitrogens with zero attached hydrogens (tertiary/aromatic N) is 1. The van der Waals surface area contributed by atoms with Crippen LogP contribution in [0.25, 0.3) is 0 Å². The van der Waals surface area contributed by atoms with Gasteiger partial charge in [0.1, 0.15) is 11.8 Å². The van der Waals surface area contributed by atoms with Crippen LogP contribution in [0.2, 0.25) is 5.02 Å². The molecular weight excluding hydrogens is 346 g/mol. The molecule has 0 fully saturated rings. The molecule has 132 valence electrons. The van der Waals surface area contributed by atoms with E-state index in [1.807, 2.05) is 30.4 Å². The summed E-state index contributed by atoms with van der Waals surface area (Å²) in [5.41, 5.74) is 1.08. The standard InChI is InChI=1S/C17H18ClN3O4/c1-11(13-5-3-4-6-14(13)18)19-10-17(22)20-15-9-12(21(23)24)7-8-16(15)25-2/h3-9,11,19H,10H2,1-2H3,(H,20,22)/p+1/t11-/m1/s1. The molecule has 1 atom stereocenters. The summed E-state index contributed by atoms with van der Waals surface area (Å²) in [6, 6.07) is 11.5. The van der Waals surface area contributed by atoms with Crippen LogP contribution in [0.5, 0.6) is 5.75 Å². The van der Waals surface area contributed by atoms with Gasteiger partial charge in [-0.3, -0.25) is 14.9 Å². The Hall–Kier alpha value is -2.64. The van der Waals surface area contributed by atoms with Gasteiger partial charge in [-0.15, -0.1) is 0 Å². The molecule has 0 aliphatic rings. The van der Waals surface area contributed by atoms with E-state index in [9.17, 15) is 14.9 Å². The zero-order chi connectivity index (χ0) is 18.4. The summed E-state index contributed by atoms with van der Waals surface area (Å²) in [7, 11) is 1.43. The van der Waals surface area contributed by atoms with Gasteiger partial charge in [-0.2, -0.15) is 0 Å². The number of amides is 1. The smallest absolute Gasteiger partial charge is 0.279 e. The molecule has 0 saturated carbocycles. The third-order valence-corrected chi connectivity index (χ3v) is 4.06. The number of nitro benzene ring substituents is 1. The van der Waals surface area contributed by atoms with Gasteiger partial charge in [-0.25, -0.2) is 0 Å².